The SMILES string of the molecule is CS(=O)(=O)CCSCC(=O)c1sccc1Br. The van der Waals surface area contributed by atoms with Gasteiger partial charge in [-0.2, -0.15) is 11.8 Å². The fraction of sp³-hybridized carbons (Fsp3) is 0.444. The third kappa shape index (κ3) is 4.99. The number of sulfone groups is 1. The van der Waals surface area contributed by atoms with Crippen molar-refractivity contribution in [3.05, 3.63) is 20.8 Å². The zero-order chi connectivity index (χ0) is 12.2. The quantitative estimate of drug-likeness (QED) is 0.588. The molecule has 0 amide bonds. The van der Waals surface area contributed by atoms with Crippen LogP contribution in [0.1, 0.15) is 9.67 Å². The van der Waals surface area contributed by atoms with Gasteiger partial charge in [0.05, 0.1) is 16.4 Å². The summed E-state index contributed by atoms with van der Waals surface area (Å²) < 4.78 is 22.5. The fourth-order valence-corrected chi connectivity index (χ4v) is 4.71. The molecule has 16 heavy (non-hydrogen) atoms. The first-order chi connectivity index (χ1) is 7.40. The van der Waals surface area contributed by atoms with Crippen molar-refractivity contribution in [1.82, 2.24) is 0 Å². The number of Topliss-reactive ketones (excluding diaryl/α,β-unsaturated/α-hetero) is 1. The van der Waals surface area contributed by atoms with Crippen molar-refractivity contribution >= 4 is 54.6 Å². The summed E-state index contributed by atoms with van der Waals surface area (Å²) in [6.45, 7) is 0. The van der Waals surface area contributed by atoms with Crippen LogP contribution in [0.5, 0.6) is 0 Å². The van der Waals surface area contributed by atoms with Crippen molar-refractivity contribution in [2.24, 2.45) is 0 Å². The molecule has 7 heteroatoms. The predicted molar refractivity (Wildman–Crippen MR) is 73.4 cm³/mol. The molecular weight excluding hydrogens is 332 g/mol. The first-order valence-electron chi connectivity index (χ1n) is 4.42. The Morgan fingerprint density at radius 2 is 2.25 bits per heavy atom. The zero-order valence-electron chi connectivity index (χ0n) is 8.60. The molecule has 90 valence electrons. The molecule has 0 N–H and O–H groups in total. The summed E-state index contributed by atoms with van der Waals surface area (Å²) in [6, 6.07) is 1.83. The van der Waals surface area contributed by atoms with Gasteiger partial charge in [0.25, 0.3) is 0 Å². The zero-order valence-corrected chi connectivity index (χ0v) is 12.6. The Balaban J connectivity index is 2.35. The first-order valence-corrected chi connectivity index (χ1v) is 9.30. The van der Waals surface area contributed by atoms with E-state index in [2.05, 4.69) is 15.9 Å². The second-order valence-electron chi connectivity index (χ2n) is 3.20. The van der Waals surface area contributed by atoms with Crippen molar-refractivity contribution in [1.29, 1.82) is 0 Å². The van der Waals surface area contributed by atoms with Gasteiger partial charge in [0, 0.05) is 16.5 Å². The van der Waals surface area contributed by atoms with Gasteiger partial charge in [0.15, 0.2) is 5.78 Å². The molecule has 0 fully saturated rings. The molecule has 0 atom stereocenters. The van der Waals surface area contributed by atoms with Crippen LogP contribution in [-0.4, -0.2) is 37.7 Å². The van der Waals surface area contributed by atoms with Crippen LogP contribution in [0.25, 0.3) is 0 Å². The van der Waals surface area contributed by atoms with Crippen LogP contribution in [0.3, 0.4) is 0 Å². The molecule has 0 bridgehead atoms. The van der Waals surface area contributed by atoms with Crippen molar-refractivity contribution in [3.63, 3.8) is 0 Å². The summed E-state index contributed by atoms with van der Waals surface area (Å²) in [6.07, 6.45) is 1.20. The lowest BCUT2D eigenvalue weighted by atomic mass is 10.3. The van der Waals surface area contributed by atoms with E-state index in [0.717, 1.165) is 4.47 Å². The lowest BCUT2D eigenvalue weighted by Gasteiger charge is -1.99. The molecule has 0 saturated carbocycles. The van der Waals surface area contributed by atoms with E-state index < -0.39 is 9.84 Å². The number of thioether (sulfide) groups is 1. The predicted octanol–water partition coefficient (Wildman–Crippen LogP) is 2.47. The Labute approximate surface area is 112 Å². The Morgan fingerprint density at radius 1 is 1.56 bits per heavy atom. The van der Waals surface area contributed by atoms with Crippen LogP contribution in [0.4, 0.5) is 0 Å². The summed E-state index contributed by atoms with van der Waals surface area (Å²) in [7, 11) is -2.92. The van der Waals surface area contributed by atoms with Crippen LogP contribution in [0.2, 0.25) is 0 Å². The Morgan fingerprint density at radius 3 is 2.75 bits per heavy atom. The van der Waals surface area contributed by atoms with Crippen molar-refractivity contribution in [3.8, 4) is 0 Å². The van der Waals surface area contributed by atoms with Gasteiger partial charge in [-0.05, 0) is 27.4 Å². The minimum Gasteiger partial charge on any atom is -0.292 e. The normalized spacial score (nSPS) is 11.6. The number of thiophene rings is 1. The maximum Gasteiger partial charge on any atom is 0.183 e. The summed E-state index contributed by atoms with van der Waals surface area (Å²) in [4.78, 5) is 12.4. The van der Waals surface area contributed by atoms with Crippen LogP contribution in [-0.2, 0) is 9.84 Å². The Hall–Kier alpha value is 0.150. The highest BCUT2D eigenvalue weighted by Gasteiger charge is 2.11. The van der Waals surface area contributed by atoms with Crippen molar-refractivity contribution < 1.29 is 13.2 Å². The lowest BCUT2D eigenvalue weighted by Crippen LogP contribution is -2.08. The monoisotopic (exact) mass is 342 g/mol. The van der Waals surface area contributed by atoms with E-state index >= 15 is 0 Å². The molecule has 0 aliphatic rings. The van der Waals surface area contributed by atoms with E-state index in [0.29, 0.717) is 16.4 Å². The van der Waals surface area contributed by atoms with E-state index in [4.69, 9.17) is 0 Å². The van der Waals surface area contributed by atoms with Gasteiger partial charge in [-0.15, -0.1) is 11.3 Å². The topological polar surface area (TPSA) is 51.2 Å². The summed E-state index contributed by atoms with van der Waals surface area (Å²) in [5.74, 6) is 0.957. The minimum atomic E-state index is -2.92. The van der Waals surface area contributed by atoms with Gasteiger partial charge in [-0.3, -0.25) is 4.79 Å². The minimum absolute atomic E-state index is 0.0420. The Kier molecular flexibility index (Phi) is 5.49. The first kappa shape index (κ1) is 14.2. The highest BCUT2D eigenvalue weighted by molar-refractivity contribution is 9.10. The van der Waals surface area contributed by atoms with Crippen LogP contribution in [0, 0.1) is 0 Å². The molecule has 0 aliphatic heterocycles. The van der Waals surface area contributed by atoms with Crippen LogP contribution >= 0.6 is 39.0 Å². The maximum atomic E-state index is 11.7. The second kappa shape index (κ2) is 6.18. The number of hydrogen-bond donors (Lipinski definition) is 0. The maximum absolute atomic E-state index is 11.7. The molecule has 1 aromatic heterocycles. The molecule has 1 aromatic rings. The van der Waals surface area contributed by atoms with Gasteiger partial charge < -0.3 is 0 Å². The fourth-order valence-electron chi connectivity index (χ4n) is 0.933. The summed E-state index contributed by atoms with van der Waals surface area (Å²) >= 11 is 6.04. The molecular formula is C9H11BrO3S3. The van der Waals surface area contributed by atoms with Crippen molar-refractivity contribution in [2.75, 3.05) is 23.5 Å². The van der Waals surface area contributed by atoms with E-state index in [1.807, 2.05) is 11.4 Å². The number of carbonyl (C=O) groups is 1. The number of ketones is 1. The molecule has 1 heterocycles. The van der Waals surface area contributed by atoms with E-state index in [1.54, 1.807) is 0 Å². The van der Waals surface area contributed by atoms with Crippen molar-refractivity contribution in [2.45, 2.75) is 0 Å². The van der Waals surface area contributed by atoms with E-state index in [9.17, 15) is 13.2 Å². The largest absolute Gasteiger partial charge is 0.292 e. The second-order valence-corrected chi connectivity index (χ2v) is 8.34. The molecule has 0 radical (unpaired) electrons. The average molecular weight is 343 g/mol. The van der Waals surface area contributed by atoms with Gasteiger partial charge in [0.2, 0.25) is 0 Å². The standard InChI is InChI=1S/C9H11BrO3S3/c1-16(12,13)5-4-14-6-8(11)9-7(10)2-3-15-9/h2-3H,4-6H2,1H3. The third-order valence-electron chi connectivity index (χ3n) is 1.70. The Bertz CT molecular complexity index is 464. The number of rotatable bonds is 6. The summed E-state index contributed by atoms with van der Waals surface area (Å²) in [5.41, 5.74) is 0. The van der Waals surface area contributed by atoms with E-state index in [-0.39, 0.29) is 11.5 Å². The molecule has 0 aromatic carbocycles. The number of carbonyl (C=O) groups excluding carboxylic acids is 1. The smallest absolute Gasteiger partial charge is 0.183 e. The van der Waals surface area contributed by atoms with Gasteiger partial charge in [0.1, 0.15) is 9.84 Å². The van der Waals surface area contributed by atoms with Gasteiger partial charge >= 0.3 is 0 Å². The third-order valence-corrected chi connectivity index (χ3v) is 5.74. The number of halogens is 1. The molecule has 0 aliphatic carbocycles. The summed E-state index contributed by atoms with van der Waals surface area (Å²) in [5, 5.41) is 1.85. The van der Waals surface area contributed by atoms with E-state index in [1.165, 1.54) is 29.4 Å². The highest BCUT2D eigenvalue weighted by Crippen LogP contribution is 2.24. The molecule has 1 rings (SSSR count). The molecule has 0 saturated heterocycles. The van der Waals surface area contributed by atoms with Crippen LogP contribution < -0.4 is 0 Å². The molecule has 0 unspecified atom stereocenters. The lowest BCUT2D eigenvalue weighted by molar-refractivity contribution is 0.102. The highest BCUT2D eigenvalue weighted by atomic mass is 79.9. The average Bonchev–Trinajstić information content (AvgIpc) is 2.57. The van der Waals surface area contributed by atoms with Crippen LogP contribution in [0.15, 0.2) is 15.9 Å². The van der Waals surface area contributed by atoms with Gasteiger partial charge in [-0.25, -0.2) is 8.42 Å². The molecule has 3 nitrogen and oxygen atoms in total. The molecule has 0 spiro atoms. The number of hydrogen-bond acceptors (Lipinski definition) is 5. The van der Waals surface area contributed by atoms with Gasteiger partial charge in [-0.1, -0.05) is 0 Å².